The van der Waals surface area contributed by atoms with Crippen molar-refractivity contribution in [3.63, 3.8) is 0 Å². The number of amidine groups is 1. The number of carbonyl (C=O) groups is 1. The van der Waals surface area contributed by atoms with Crippen LogP contribution < -0.4 is 5.73 Å². The van der Waals surface area contributed by atoms with Crippen molar-refractivity contribution in [1.29, 1.82) is 5.26 Å². The van der Waals surface area contributed by atoms with E-state index in [1.807, 2.05) is 48.7 Å². The number of ketones is 1. The van der Waals surface area contributed by atoms with Crippen LogP contribution in [0.3, 0.4) is 0 Å². The minimum Gasteiger partial charge on any atom is -0.378 e. The van der Waals surface area contributed by atoms with E-state index >= 15 is 0 Å². The molecule has 0 atom stereocenters. The van der Waals surface area contributed by atoms with Gasteiger partial charge in [-0.25, -0.2) is 4.99 Å². The van der Waals surface area contributed by atoms with Gasteiger partial charge in [-0.1, -0.05) is 36.0 Å². The third kappa shape index (κ3) is 3.90. The van der Waals surface area contributed by atoms with Gasteiger partial charge >= 0.3 is 0 Å². The SMILES string of the molecule is CSC(N)=Nc1cccc2ccc(CC(=O)c3ccc(C#N)cn3)cc12. The number of fused-ring (bicyclic) bond motifs is 1. The van der Waals surface area contributed by atoms with E-state index in [4.69, 9.17) is 11.0 Å². The van der Waals surface area contributed by atoms with Crippen LogP contribution in [-0.4, -0.2) is 22.2 Å². The Kier molecular flexibility index (Phi) is 5.30. The summed E-state index contributed by atoms with van der Waals surface area (Å²) in [6.45, 7) is 0. The molecule has 0 aliphatic heterocycles. The predicted octanol–water partition coefficient (Wildman–Crippen LogP) is 3.84. The zero-order chi connectivity index (χ0) is 18.5. The molecule has 0 bridgehead atoms. The Labute approximate surface area is 155 Å². The fourth-order valence-corrected chi connectivity index (χ4v) is 2.77. The van der Waals surface area contributed by atoms with Gasteiger partial charge in [0.25, 0.3) is 0 Å². The molecule has 0 unspecified atom stereocenters. The van der Waals surface area contributed by atoms with Crippen LogP contribution in [0.15, 0.2) is 59.7 Å². The average Bonchev–Trinajstić information content (AvgIpc) is 2.68. The normalized spacial score (nSPS) is 11.3. The molecule has 2 N–H and O–H groups in total. The second kappa shape index (κ2) is 7.81. The van der Waals surface area contributed by atoms with Crippen LogP contribution in [-0.2, 0) is 6.42 Å². The molecule has 0 fully saturated rings. The maximum Gasteiger partial charge on any atom is 0.185 e. The lowest BCUT2D eigenvalue weighted by molar-refractivity contribution is 0.0988. The molecule has 0 amide bonds. The molecule has 0 radical (unpaired) electrons. The number of Topliss-reactive ketones (excluding diaryl/α,β-unsaturated/α-hetero) is 1. The molecule has 3 rings (SSSR count). The highest BCUT2D eigenvalue weighted by atomic mass is 32.2. The molecule has 6 heteroatoms. The van der Waals surface area contributed by atoms with Crippen LogP contribution in [0, 0.1) is 11.3 Å². The first-order valence-electron chi connectivity index (χ1n) is 7.90. The van der Waals surface area contributed by atoms with Gasteiger partial charge in [0.05, 0.1) is 11.3 Å². The predicted molar refractivity (Wildman–Crippen MR) is 106 cm³/mol. The molecular weight excluding hydrogens is 344 g/mol. The van der Waals surface area contributed by atoms with Gasteiger partial charge in [0.15, 0.2) is 11.0 Å². The summed E-state index contributed by atoms with van der Waals surface area (Å²) in [5, 5.41) is 11.3. The topological polar surface area (TPSA) is 92.1 Å². The fourth-order valence-electron chi connectivity index (χ4n) is 2.58. The van der Waals surface area contributed by atoms with E-state index in [1.165, 1.54) is 18.0 Å². The third-order valence-electron chi connectivity index (χ3n) is 3.91. The quantitative estimate of drug-likeness (QED) is 0.433. The van der Waals surface area contributed by atoms with Gasteiger partial charge < -0.3 is 5.73 Å². The smallest absolute Gasteiger partial charge is 0.185 e. The van der Waals surface area contributed by atoms with Crippen molar-refractivity contribution < 1.29 is 4.79 Å². The van der Waals surface area contributed by atoms with Crippen LogP contribution in [0.25, 0.3) is 10.8 Å². The molecule has 0 aliphatic carbocycles. The Morgan fingerprint density at radius 2 is 2.12 bits per heavy atom. The van der Waals surface area contributed by atoms with Crippen molar-refractivity contribution in [2.75, 3.05) is 6.26 Å². The van der Waals surface area contributed by atoms with E-state index < -0.39 is 0 Å². The van der Waals surface area contributed by atoms with Crippen LogP contribution in [0.5, 0.6) is 0 Å². The van der Waals surface area contributed by atoms with Crippen LogP contribution in [0.2, 0.25) is 0 Å². The number of hydrogen-bond acceptors (Lipinski definition) is 5. The molecule has 0 spiro atoms. The number of nitrogens with zero attached hydrogens (tertiary/aromatic N) is 3. The molecule has 3 aromatic rings. The molecule has 128 valence electrons. The van der Waals surface area contributed by atoms with Crippen molar-refractivity contribution >= 4 is 39.2 Å². The van der Waals surface area contributed by atoms with Gasteiger partial charge in [0.2, 0.25) is 0 Å². The molecule has 2 aromatic carbocycles. The van der Waals surface area contributed by atoms with Crippen LogP contribution in [0.4, 0.5) is 5.69 Å². The maximum atomic E-state index is 12.5. The minimum absolute atomic E-state index is 0.0987. The lowest BCUT2D eigenvalue weighted by atomic mass is 10.0. The number of benzene rings is 2. The van der Waals surface area contributed by atoms with E-state index in [-0.39, 0.29) is 12.2 Å². The van der Waals surface area contributed by atoms with Crippen LogP contribution in [0.1, 0.15) is 21.6 Å². The van der Waals surface area contributed by atoms with Gasteiger partial charge in [-0.2, -0.15) is 5.26 Å². The zero-order valence-corrected chi connectivity index (χ0v) is 15.0. The second-order valence-corrected chi connectivity index (χ2v) is 6.46. The number of nitrogens with two attached hydrogens (primary N) is 1. The zero-order valence-electron chi connectivity index (χ0n) is 14.1. The van der Waals surface area contributed by atoms with E-state index in [0.717, 1.165) is 22.0 Å². The highest BCUT2D eigenvalue weighted by Crippen LogP contribution is 2.28. The van der Waals surface area contributed by atoms with Gasteiger partial charge in [0.1, 0.15) is 11.8 Å². The van der Waals surface area contributed by atoms with Crippen molar-refractivity contribution in [2.45, 2.75) is 6.42 Å². The first-order valence-corrected chi connectivity index (χ1v) is 9.12. The molecule has 0 aliphatic rings. The molecule has 0 saturated heterocycles. The van der Waals surface area contributed by atoms with E-state index in [0.29, 0.717) is 16.4 Å². The number of carbonyl (C=O) groups excluding carboxylic acids is 1. The largest absolute Gasteiger partial charge is 0.378 e. The summed E-state index contributed by atoms with van der Waals surface area (Å²) in [6, 6.07) is 16.9. The number of pyridine rings is 1. The highest BCUT2D eigenvalue weighted by Gasteiger charge is 2.10. The lowest BCUT2D eigenvalue weighted by Gasteiger charge is -2.07. The number of thioether (sulfide) groups is 1. The summed E-state index contributed by atoms with van der Waals surface area (Å²) in [4.78, 5) is 21.0. The highest BCUT2D eigenvalue weighted by molar-refractivity contribution is 8.13. The number of aromatic nitrogens is 1. The molecule has 1 aromatic heterocycles. The van der Waals surface area contributed by atoms with Gasteiger partial charge in [-0.15, -0.1) is 0 Å². The summed E-state index contributed by atoms with van der Waals surface area (Å²) >= 11 is 1.39. The summed E-state index contributed by atoms with van der Waals surface area (Å²) < 4.78 is 0. The number of aliphatic imine (C=N–C) groups is 1. The van der Waals surface area contributed by atoms with Crippen molar-refractivity contribution in [1.82, 2.24) is 4.98 Å². The van der Waals surface area contributed by atoms with Gasteiger partial charge in [-0.3, -0.25) is 9.78 Å². The second-order valence-electron chi connectivity index (χ2n) is 5.63. The third-order valence-corrected chi connectivity index (χ3v) is 4.42. The van der Waals surface area contributed by atoms with E-state index in [1.54, 1.807) is 12.1 Å². The summed E-state index contributed by atoms with van der Waals surface area (Å²) in [6.07, 6.45) is 3.51. The fraction of sp³-hybridized carbons (Fsp3) is 0.100. The van der Waals surface area contributed by atoms with E-state index in [9.17, 15) is 4.79 Å². The van der Waals surface area contributed by atoms with Crippen molar-refractivity contribution in [3.8, 4) is 6.07 Å². The summed E-state index contributed by atoms with van der Waals surface area (Å²) in [5.41, 5.74) is 8.27. The van der Waals surface area contributed by atoms with Gasteiger partial charge in [-0.05, 0) is 41.5 Å². The average molecular weight is 360 g/mol. The summed E-state index contributed by atoms with van der Waals surface area (Å²) in [7, 11) is 0. The minimum atomic E-state index is -0.0987. The molecule has 1 heterocycles. The van der Waals surface area contributed by atoms with Gasteiger partial charge in [0, 0.05) is 18.0 Å². The van der Waals surface area contributed by atoms with Crippen molar-refractivity contribution in [2.24, 2.45) is 10.7 Å². The monoisotopic (exact) mass is 360 g/mol. The molecule has 0 saturated carbocycles. The van der Waals surface area contributed by atoms with Crippen LogP contribution >= 0.6 is 11.8 Å². The molecule has 26 heavy (non-hydrogen) atoms. The first kappa shape index (κ1) is 17.6. The Bertz CT molecular complexity index is 1040. The Morgan fingerprint density at radius 3 is 2.81 bits per heavy atom. The Balaban J connectivity index is 1.91. The lowest BCUT2D eigenvalue weighted by Crippen LogP contribution is -2.06. The van der Waals surface area contributed by atoms with E-state index in [2.05, 4.69) is 9.98 Å². The Morgan fingerprint density at radius 1 is 1.27 bits per heavy atom. The van der Waals surface area contributed by atoms with Crippen molar-refractivity contribution in [3.05, 3.63) is 71.5 Å². The maximum absolute atomic E-state index is 12.5. The standard InChI is InChI=1S/C20H16N4OS/c1-26-20(22)24-17-4-2-3-15-7-5-13(9-16(15)17)10-19(25)18-8-6-14(11-21)12-23-18/h2-9,12H,10H2,1H3,(H2,22,24). The number of rotatable bonds is 4. The molecular formula is C20H16N4OS. The number of nitriles is 1. The Hall–Kier alpha value is -3.17. The number of hydrogen-bond donors (Lipinski definition) is 1. The first-order chi connectivity index (χ1) is 12.6. The molecule has 5 nitrogen and oxygen atoms in total. The summed E-state index contributed by atoms with van der Waals surface area (Å²) in [5.74, 6) is -0.0987.